The van der Waals surface area contributed by atoms with Crippen LogP contribution in [0.3, 0.4) is 0 Å². The summed E-state index contributed by atoms with van der Waals surface area (Å²) in [6, 6.07) is 29.7. The van der Waals surface area contributed by atoms with Gasteiger partial charge < -0.3 is 14.7 Å². The molecule has 1 aliphatic heterocycles. The van der Waals surface area contributed by atoms with Crippen molar-refractivity contribution in [2.24, 2.45) is 0 Å². The van der Waals surface area contributed by atoms with Crippen molar-refractivity contribution in [3.05, 3.63) is 96.1 Å². The van der Waals surface area contributed by atoms with Crippen molar-refractivity contribution in [3.63, 3.8) is 0 Å². The molecule has 4 nitrogen and oxygen atoms in total. The summed E-state index contributed by atoms with van der Waals surface area (Å²) >= 11 is 0. The van der Waals surface area contributed by atoms with Crippen LogP contribution in [0.15, 0.2) is 84.9 Å². The summed E-state index contributed by atoms with van der Waals surface area (Å²) in [7, 11) is 2.05. The zero-order valence-electron chi connectivity index (χ0n) is 20.8. The summed E-state index contributed by atoms with van der Waals surface area (Å²) in [5.41, 5.74) is 2.99. The highest BCUT2D eigenvalue weighted by molar-refractivity contribution is 5.85. The molecule has 35 heavy (non-hydrogen) atoms. The third-order valence-corrected chi connectivity index (χ3v) is 6.51. The molecule has 1 heterocycles. The number of piperidine rings is 1. The number of ether oxygens (including phenoxy) is 1. The van der Waals surface area contributed by atoms with Crippen molar-refractivity contribution in [1.29, 1.82) is 0 Å². The van der Waals surface area contributed by atoms with E-state index < -0.39 is 5.60 Å². The second kappa shape index (κ2) is 13.2. The molecule has 0 spiro atoms. The van der Waals surface area contributed by atoms with E-state index in [0.29, 0.717) is 6.54 Å². The van der Waals surface area contributed by atoms with E-state index in [4.69, 9.17) is 4.74 Å². The smallest absolute Gasteiger partial charge is 0.119 e. The van der Waals surface area contributed by atoms with Gasteiger partial charge in [-0.3, -0.25) is 4.90 Å². The lowest BCUT2D eigenvalue weighted by Crippen LogP contribution is -2.51. The normalized spacial score (nSPS) is 15.3. The predicted octanol–water partition coefficient (Wildman–Crippen LogP) is 6.37. The van der Waals surface area contributed by atoms with Crippen molar-refractivity contribution in [3.8, 4) is 5.75 Å². The van der Waals surface area contributed by atoms with Crippen molar-refractivity contribution < 1.29 is 9.84 Å². The minimum absolute atomic E-state index is 0. The number of likely N-dealkylation sites (tertiary alicyclic amines) is 1. The topological polar surface area (TPSA) is 35.9 Å². The molecule has 3 aromatic rings. The van der Waals surface area contributed by atoms with Gasteiger partial charge in [0.05, 0.1) is 17.7 Å². The Balaban J connectivity index is 0.00000216. The Bertz CT molecular complexity index is 953. The van der Waals surface area contributed by atoms with E-state index in [9.17, 15) is 5.11 Å². The molecule has 0 bridgehead atoms. The van der Waals surface area contributed by atoms with E-state index >= 15 is 0 Å². The molecule has 4 rings (SSSR count). The van der Waals surface area contributed by atoms with Crippen LogP contribution in [0.2, 0.25) is 0 Å². The van der Waals surface area contributed by atoms with Crippen LogP contribution < -0.4 is 9.64 Å². The van der Waals surface area contributed by atoms with Crippen LogP contribution in [0.5, 0.6) is 5.75 Å². The lowest BCUT2D eigenvalue weighted by atomic mass is 9.87. The second-order valence-corrected chi connectivity index (χ2v) is 9.50. The quantitative estimate of drug-likeness (QED) is 0.377. The molecule has 6 heteroatoms. The lowest BCUT2D eigenvalue weighted by Gasteiger charge is -2.43. The van der Waals surface area contributed by atoms with Gasteiger partial charge in [-0.2, -0.15) is 0 Å². The van der Waals surface area contributed by atoms with Gasteiger partial charge in [0.2, 0.25) is 0 Å². The monoisotopic (exact) mass is 516 g/mol. The van der Waals surface area contributed by atoms with Gasteiger partial charge >= 0.3 is 0 Å². The molecule has 1 N–H and O–H groups in total. The number of benzene rings is 3. The van der Waals surface area contributed by atoms with Crippen LogP contribution in [-0.4, -0.2) is 48.4 Å². The molecule has 0 saturated carbocycles. The van der Waals surface area contributed by atoms with Crippen LogP contribution in [0.25, 0.3) is 0 Å². The Morgan fingerprint density at radius 1 is 0.829 bits per heavy atom. The number of aliphatic hydroxyl groups is 1. The largest absolute Gasteiger partial charge is 0.491 e. The van der Waals surface area contributed by atoms with Gasteiger partial charge in [0.25, 0.3) is 0 Å². The van der Waals surface area contributed by atoms with Gasteiger partial charge in [0.15, 0.2) is 0 Å². The van der Waals surface area contributed by atoms with E-state index in [0.717, 1.165) is 37.4 Å². The van der Waals surface area contributed by atoms with Crippen molar-refractivity contribution >= 4 is 30.5 Å². The zero-order valence-corrected chi connectivity index (χ0v) is 22.5. The molecule has 0 radical (unpaired) electrons. The molecule has 1 fully saturated rings. The van der Waals surface area contributed by atoms with Crippen molar-refractivity contribution in [1.82, 2.24) is 4.90 Å². The maximum atomic E-state index is 11.4. The molecule has 0 atom stereocenters. The predicted molar refractivity (Wildman–Crippen MR) is 150 cm³/mol. The molecular weight excluding hydrogens is 479 g/mol. The van der Waals surface area contributed by atoms with Gasteiger partial charge in [-0.15, -0.1) is 24.8 Å². The Labute approximate surface area is 222 Å². The summed E-state index contributed by atoms with van der Waals surface area (Å²) in [5, 5.41) is 11.4. The third kappa shape index (κ3) is 7.62. The highest BCUT2D eigenvalue weighted by Gasteiger charge is 2.36. The van der Waals surface area contributed by atoms with Crippen LogP contribution in [-0.2, 0) is 0 Å². The summed E-state index contributed by atoms with van der Waals surface area (Å²) < 4.78 is 5.75. The molecule has 0 aromatic heterocycles. The van der Waals surface area contributed by atoms with E-state index in [1.807, 2.05) is 26.0 Å². The summed E-state index contributed by atoms with van der Waals surface area (Å²) in [5.74, 6) is 0.877. The number of nitrogens with zero attached hydrogens (tertiary/aromatic N) is 2. The number of anilines is 1. The van der Waals surface area contributed by atoms with Gasteiger partial charge in [-0.25, -0.2) is 0 Å². The minimum Gasteiger partial charge on any atom is -0.491 e. The second-order valence-electron chi connectivity index (χ2n) is 9.50. The first kappa shape index (κ1) is 29.0. The molecule has 0 aliphatic carbocycles. The maximum Gasteiger partial charge on any atom is 0.119 e. The van der Waals surface area contributed by atoms with Crippen LogP contribution >= 0.6 is 24.8 Å². The molecule has 3 aromatic carbocycles. The average molecular weight is 518 g/mol. The molecule has 190 valence electrons. The van der Waals surface area contributed by atoms with Crippen LogP contribution in [0, 0.1) is 0 Å². The van der Waals surface area contributed by atoms with Crippen molar-refractivity contribution in [2.75, 3.05) is 31.6 Å². The highest BCUT2D eigenvalue weighted by Crippen LogP contribution is 2.34. The average Bonchev–Trinajstić information content (AvgIpc) is 2.82. The van der Waals surface area contributed by atoms with E-state index in [-0.39, 0.29) is 37.0 Å². The SMILES string of the molecule is CC(C)Oc1ccc(N(C)CC2(O)CCN(C(c3ccccc3)c3ccccc3)CC2)cc1.Cl.Cl. The third-order valence-electron chi connectivity index (χ3n) is 6.51. The summed E-state index contributed by atoms with van der Waals surface area (Å²) in [4.78, 5) is 4.66. The number of likely N-dealkylation sites (N-methyl/N-ethyl adjacent to an activating group) is 1. The Morgan fingerprint density at radius 2 is 1.31 bits per heavy atom. The Hall–Kier alpha value is -2.24. The summed E-state index contributed by atoms with van der Waals surface area (Å²) in [6.07, 6.45) is 1.67. The molecule has 1 aliphatic rings. The fourth-order valence-corrected chi connectivity index (χ4v) is 4.83. The van der Waals surface area contributed by atoms with Gasteiger partial charge in [-0.05, 0) is 62.1 Å². The van der Waals surface area contributed by atoms with Gasteiger partial charge in [0, 0.05) is 32.4 Å². The maximum absolute atomic E-state index is 11.4. The van der Waals surface area contributed by atoms with Gasteiger partial charge in [0.1, 0.15) is 5.75 Å². The highest BCUT2D eigenvalue weighted by atomic mass is 35.5. The van der Waals surface area contributed by atoms with E-state index in [1.54, 1.807) is 0 Å². The number of hydrogen-bond donors (Lipinski definition) is 1. The number of hydrogen-bond acceptors (Lipinski definition) is 4. The first-order valence-electron chi connectivity index (χ1n) is 12.0. The first-order valence-corrected chi connectivity index (χ1v) is 12.0. The van der Waals surface area contributed by atoms with E-state index in [2.05, 4.69) is 89.6 Å². The van der Waals surface area contributed by atoms with Crippen LogP contribution in [0.4, 0.5) is 5.69 Å². The van der Waals surface area contributed by atoms with E-state index in [1.165, 1.54) is 11.1 Å². The number of halogens is 2. The fourth-order valence-electron chi connectivity index (χ4n) is 4.83. The Morgan fingerprint density at radius 3 is 1.77 bits per heavy atom. The zero-order chi connectivity index (χ0) is 23.3. The lowest BCUT2D eigenvalue weighted by molar-refractivity contribution is -0.0209. The number of rotatable bonds is 8. The summed E-state index contributed by atoms with van der Waals surface area (Å²) in [6.45, 7) is 6.40. The molecular formula is C29H38Cl2N2O2. The van der Waals surface area contributed by atoms with Gasteiger partial charge in [-0.1, -0.05) is 60.7 Å². The minimum atomic E-state index is -0.698. The van der Waals surface area contributed by atoms with Crippen molar-refractivity contribution in [2.45, 2.75) is 44.4 Å². The fraction of sp³-hybridized carbons (Fsp3) is 0.379. The molecule has 0 amide bonds. The Kier molecular flexibility index (Phi) is 10.9. The molecule has 1 saturated heterocycles. The van der Waals surface area contributed by atoms with Crippen LogP contribution in [0.1, 0.15) is 43.9 Å². The first-order chi connectivity index (χ1) is 15.9. The standard InChI is InChI=1S/C29H36N2O2.2ClH/c1-23(2)33-27-16-14-26(15-17-27)30(3)22-29(32)18-20-31(21-19-29)28(24-10-6-4-7-11-24)25-12-8-5-9-13-25;;/h4-17,23,28,32H,18-22H2,1-3H3;2*1H. The molecule has 0 unspecified atom stereocenters.